The van der Waals surface area contributed by atoms with E-state index in [0.717, 1.165) is 5.69 Å². The first-order valence-corrected chi connectivity index (χ1v) is 6.29. The Kier molecular flexibility index (Phi) is 3.32. The molecular formula is C15H20N2O. The van der Waals surface area contributed by atoms with E-state index < -0.39 is 0 Å². The van der Waals surface area contributed by atoms with Crippen LogP contribution < -0.4 is 5.32 Å². The highest BCUT2D eigenvalue weighted by Gasteiger charge is 2.38. The second kappa shape index (κ2) is 4.62. The molecule has 0 unspecified atom stereocenters. The highest BCUT2D eigenvalue weighted by Crippen LogP contribution is 2.28. The first-order chi connectivity index (χ1) is 8.45. The molecule has 1 aliphatic rings. The molecule has 1 N–H and O–H groups in total. The van der Waals surface area contributed by atoms with Crippen molar-refractivity contribution in [1.82, 2.24) is 0 Å². The monoisotopic (exact) mass is 244 g/mol. The van der Waals surface area contributed by atoms with Crippen molar-refractivity contribution in [3.05, 3.63) is 29.8 Å². The van der Waals surface area contributed by atoms with Crippen molar-refractivity contribution in [3.63, 3.8) is 0 Å². The molecule has 0 radical (unpaired) electrons. The molecule has 3 heteroatoms. The molecule has 2 rings (SSSR count). The summed E-state index contributed by atoms with van der Waals surface area (Å²) >= 11 is 0. The Morgan fingerprint density at radius 1 is 1.28 bits per heavy atom. The Bertz CT molecular complexity index is 447. The second-order valence-corrected chi connectivity index (χ2v) is 6.07. The van der Waals surface area contributed by atoms with Gasteiger partial charge in [-0.2, -0.15) is 5.26 Å². The van der Waals surface area contributed by atoms with E-state index in [1.54, 1.807) is 0 Å². The number of hydrogen-bond donors (Lipinski definition) is 1. The average molecular weight is 244 g/mol. The van der Waals surface area contributed by atoms with Crippen LogP contribution in [0.2, 0.25) is 0 Å². The number of nitriles is 1. The quantitative estimate of drug-likeness (QED) is 0.889. The van der Waals surface area contributed by atoms with Gasteiger partial charge in [-0.1, -0.05) is 32.9 Å². The Balaban J connectivity index is 1.97. The molecule has 96 valence electrons. The van der Waals surface area contributed by atoms with Crippen LogP contribution >= 0.6 is 0 Å². The molecule has 18 heavy (non-hydrogen) atoms. The zero-order valence-electron chi connectivity index (χ0n) is 11.3. The topological polar surface area (TPSA) is 45.0 Å². The summed E-state index contributed by atoms with van der Waals surface area (Å²) in [6, 6.07) is 10.8. The van der Waals surface area contributed by atoms with Gasteiger partial charge < -0.3 is 10.1 Å². The summed E-state index contributed by atoms with van der Waals surface area (Å²) in [5.41, 5.74) is 2.22. The van der Waals surface area contributed by atoms with Crippen molar-refractivity contribution in [2.24, 2.45) is 5.41 Å². The molecule has 1 fully saturated rings. The lowest BCUT2D eigenvalue weighted by Crippen LogP contribution is -2.46. The third kappa shape index (κ3) is 2.65. The van der Waals surface area contributed by atoms with Crippen molar-refractivity contribution in [2.45, 2.75) is 26.2 Å². The molecular weight excluding hydrogens is 224 g/mol. The van der Waals surface area contributed by atoms with E-state index in [4.69, 9.17) is 10.00 Å². The van der Waals surface area contributed by atoms with Crippen LogP contribution in [0.4, 0.5) is 5.69 Å². The van der Waals surface area contributed by atoms with Gasteiger partial charge in [-0.25, -0.2) is 0 Å². The van der Waals surface area contributed by atoms with Crippen LogP contribution in [0, 0.1) is 16.7 Å². The van der Waals surface area contributed by atoms with Gasteiger partial charge in [0, 0.05) is 12.2 Å². The molecule has 0 saturated carbocycles. The zero-order valence-corrected chi connectivity index (χ0v) is 11.3. The fourth-order valence-corrected chi connectivity index (χ4v) is 1.91. The van der Waals surface area contributed by atoms with Gasteiger partial charge >= 0.3 is 0 Å². The molecule has 0 aromatic heterocycles. The van der Waals surface area contributed by atoms with E-state index in [9.17, 15) is 0 Å². The lowest BCUT2D eigenvalue weighted by Gasteiger charge is -2.35. The van der Waals surface area contributed by atoms with Crippen LogP contribution in [0.3, 0.4) is 0 Å². The molecule has 0 aliphatic carbocycles. The van der Waals surface area contributed by atoms with Gasteiger partial charge in [0.2, 0.25) is 0 Å². The molecule has 0 atom stereocenters. The van der Waals surface area contributed by atoms with Gasteiger partial charge in [0.25, 0.3) is 0 Å². The maximum atomic E-state index is 9.10. The van der Waals surface area contributed by atoms with E-state index in [0.29, 0.717) is 19.8 Å². The Labute approximate surface area is 109 Å². The summed E-state index contributed by atoms with van der Waals surface area (Å²) in [5, 5.41) is 12.4. The predicted octanol–water partition coefficient (Wildman–Crippen LogP) is 2.94. The van der Waals surface area contributed by atoms with Gasteiger partial charge in [0.1, 0.15) is 5.41 Å². The fourth-order valence-electron chi connectivity index (χ4n) is 1.91. The van der Waals surface area contributed by atoms with Gasteiger partial charge in [0.15, 0.2) is 0 Å². The number of hydrogen-bond acceptors (Lipinski definition) is 3. The maximum Gasteiger partial charge on any atom is 0.121 e. The highest BCUT2D eigenvalue weighted by atomic mass is 16.5. The van der Waals surface area contributed by atoms with Crippen LogP contribution in [0.25, 0.3) is 0 Å². The Morgan fingerprint density at radius 3 is 2.28 bits per heavy atom. The standard InChI is InChI=1S/C15H20N2O/c1-14(2,3)12-4-6-13(7-5-12)17-9-15(8-16)10-18-11-15/h4-7,17H,9-11H2,1-3H3. The molecule has 1 aromatic rings. The molecule has 0 amide bonds. The van der Waals surface area contributed by atoms with Crippen LogP contribution in [0.5, 0.6) is 0 Å². The second-order valence-electron chi connectivity index (χ2n) is 6.07. The molecule has 0 bridgehead atoms. The number of ether oxygens (including phenoxy) is 1. The van der Waals surface area contributed by atoms with Crippen molar-refractivity contribution in [2.75, 3.05) is 25.1 Å². The minimum absolute atomic E-state index is 0.175. The van der Waals surface area contributed by atoms with Crippen molar-refractivity contribution in [3.8, 4) is 6.07 Å². The number of anilines is 1. The summed E-state index contributed by atoms with van der Waals surface area (Å²) in [6.07, 6.45) is 0. The molecule has 1 saturated heterocycles. The number of nitrogens with zero attached hydrogens (tertiary/aromatic N) is 1. The van der Waals surface area contributed by atoms with E-state index in [-0.39, 0.29) is 10.8 Å². The fraction of sp³-hybridized carbons (Fsp3) is 0.533. The number of rotatable bonds is 3. The molecule has 1 aliphatic heterocycles. The van der Waals surface area contributed by atoms with Gasteiger partial charge in [-0.15, -0.1) is 0 Å². The van der Waals surface area contributed by atoms with Crippen LogP contribution in [-0.2, 0) is 10.2 Å². The van der Waals surface area contributed by atoms with Gasteiger partial charge in [-0.05, 0) is 23.1 Å². The van der Waals surface area contributed by atoms with Crippen LogP contribution in [0.1, 0.15) is 26.3 Å². The summed E-state index contributed by atoms with van der Waals surface area (Å²) in [7, 11) is 0. The maximum absolute atomic E-state index is 9.10. The average Bonchev–Trinajstić information content (AvgIpc) is 2.28. The summed E-state index contributed by atoms with van der Waals surface area (Å²) in [6.45, 7) is 8.33. The molecule has 0 spiro atoms. The number of nitrogens with one attached hydrogen (secondary N) is 1. The third-order valence-corrected chi connectivity index (χ3v) is 3.38. The Hall–Kier alpha value is -1.53. The van der Waals surface area contributed by atoms with E-state index >= 15 is 0 Å². The minimum Gasteiger partial charge on any atom is -0.383 e. The Morgan fingerprint density at radius 2 is 1.89 bits per heavy atom. The molecule has 1 aromatic carbocycles. The van der Waals surface area contributed by atoms with Crippen molar-refractivity contribution in [1.29, 1.82) is 5.26 Å². The van der Waals surface area contributed by atoms with E-state index in [2.05, 4.69) is 56.4 Å². The minimum atomic E-state index is -0.331. The summed E-state index contributed by atoms with van der Waals surface area (Å²) in [5.74, 6) is 0. The van der Waals surface area contributed by atoms with Crippen molar-refractivity contribution < 1.29 is 4.74 Å². The van der Waals surface area contributed by atoms with Gasteiger partial charge in [-0.3, -0.25) is 0 Å². The van der Waals surface area contributed by atoms with E-state index in [1.807, 2.05) is 0 Å². The van der Waals surface area contributed by atoms with Gasteiger partial charge in [0.05, 0.1) is 19.3 Å². The largest absolute Gasteiger partial charge is 0.383 e. The lowest BCUT2D eigenvalue weighted by molar-refractivity contribution is -0.0690. The first kappa shape index (κ1) is 12.9. The van der Waals surface area contributed by atoms with Crippen LogP contribution in [-0.4, -0.2) is 19.8 Å². The summed E-state index contributed by atoms with van der Waals surface area (Å²) < 4.78 is 5.12. The van der Waals surface area contributed by atoms with E-state index in [1.165, 1.54) is 5.56 Å². The van der Waals surface area contributed by atoms with Crippen molar-refractivity contribution >= 4 is 5.69 Å². The normalized spacial score (nSPS) is 17.7. The smallest absolute Gasteiger partial charge is 0.121 e. The zero-order chi connectivity index (χ0) is 13.2. The first-order valence-electron chi connectivity index (χ1n) is 6.29. The lowest BCUT2D eigenvalue weighted by atomic mass is 9.86. The summed E-state index contributed by atoms with van der Waals surface area (Å²) in [4.78, 5) is 0. The predicted molar refractivity (Wildman–Crippen MR) is 72.5 cm³/mol. The highest BCUT2D eigenvalue weighted by molar-refractivity contribution is 5.46. The third-order valence-electron chi connectivity index (χ3n) is 3.38. The SMILES string of the molecule is CC(C)(C)c1ccc(NCC2(C#N)COC2)cc1. The molecule has 3 nitrogen and oxygen atoms in total. The molecule has 1 heterocycles. The number of benzene rings is 1. The van der Waals surface area contributed by atoms with Crippen LogP contribution in [0.15, 0.2) is 24.3 Å².